The van der Waals surface area contributed by atoms with E-state index in [9.17, 15) is 4.79 Å². The van der Waals surface area contributed by atoms with Gasteiger partial charge in [-0.2, -0.15) is 0 Å². The lowest BCUT2D eigenvalue weighted by atomic mass is 10.1. The number of nitrogens with zero attached hydrogens (tertiary/aromatic N) is 1. The van der Waals surface area contributed by atoms with Crippen LogP contribution < -0.4 is 10.6 Å². The number of pyridine rings is 1. The molecule has 1 unspecified atom stereocenters. The maximum atomic E-state index is 12.1. The fraction of sp³-hybridized carbons (Fsp3) is 0.375. The number of amides is 1. The molecular weight excluding hydrogens is 266 g/mol. The first-order chi connectivity index (χ1) is 10.2. The topological polar surface area (TPSA) is 67.2 Å². The van der Waals surface area contributed by atoms with Gasteiger partial charge in [-0.3, -0.25) is 4.79 Å². The first kappa shape index (κ1) is 15.1. The monoisotopic (exact) mass is 287 g/mol. The largest absolute Gasteiger partial charge is 0.469 e. The molecule has 0 aliphatic rings. The minimum Gasteiger partial charge on any atom is -0.469 e. The van der Waals surface area contributed by atoms with Crippen LogP contribution in [0.5, 0.6) is 0 Å². The third kappa shape index (κ3) is 4.63. The van der Waals surface area contributed by atoms with Crippen molar-refractivity contribution in [1.29, 1.82) is 0 Å². The van der Waals surface area contributed by atoms with E-state index in [0.717, 1.165) is 31.0 Å². The van der Waals surface area contributed by atoms with E-state index >= 15 is 0 Å². The van der Waals surface area contributed by atoms with Gasteiger partial charge < -0.3 is 15.1 Å². The van der Waals surface area contributed by atoms with Gasteiger partial charge in [-0.05, 0) is 44.5 Å². The smallest absolute Gasteiger partial charge is 0.253 e. The van der Waals surface area contributed by atoms with Crippen molar-refractivity contribution in [2.24, 2.45) is 0 Å². The van der Waals surface area contributed by atoms with Crippen LogP contribution in [0.3, 0.4) is 0 Å². The van der Waals surface area contributed by atoms with Crippen LogP contribution in [-0.4, -0.2) is 23.5 Å². The molecule has 5 heteroatoms. The van der Waals surface area contributed by atoms with Gasteiger partial charge in [-0.15, -0.1) is 0 Å². The molecular formula is C16H21N3O2. The fourth-order valence-corrected chi connectivity index (χ4v) is 2.01. The van der Waals surface area contributed by atoms with Gasteiger partial charge in [-0.1, -0.05) is 0 Å². The molecule has 112 valence electrons. The highest BCUT2D eigenvalue weighted by Crippen LogP contribution is 2.08. The van der Waals surface area contributed by atoms with Crippen LogP contribution in [0.1, 0.15) is 36.4 Å². The van der Waals surface area contributed by atoms with E-state index in [1.54, 1.807) is 18.5 Å². The summed E-state index contributed by atoms with van der Waals surface area (Å²) in [6.45, 7) is 4.80. The van der Waals surface area contributed by atoms with E-state index in [1.807, 2.05) is 32.0 Å². The summed E-state index contributed by atoms with van der Waals surface area (Å²) in [7, 11) is 0. The SMILES string of the molecule is CCNc1ccc(C(=O)NC(C)CCc2ccco2)cn1. The zero-order valence-electron chi connectivity index (χ0n) is 12.4. The van der Waals surface area contributed by atoms with E-state index in [2.05, 4.69) is 15.6 Å². The molecule has 0 aliphatic heterocycles. The molecule has 2 N–H and O–H groups in total. The van der Waals surface area contributed by atoms with Gasteiger partial charge in [0.2, 0.25) is 0 Å². The third-order valence-corrected chi connectivity index (χ3v) is 3.16. The van der Waals surface area contributed by atoms with Crippen molar-refractivity contribution in [3.63, 3.8) is 0 Å². The number of aryl methyl sites for hydroxylation is 1. The van der Waals surface area contributed by atoms with E-state index < -0.39 is 0 Å². The second-order valence-corrected chi connectivity index (χ2v) is 4.95. The van der Waals surface area contributed by atoms with Crippen molar-refractivity contribution in [1.82, 2.24) is 10.3 Å². The Hall–Kier alpha value is -2.30. The number of rotatable bonds is 7. The van der Waals surface area contributed by atoms with Crippen LogP contribution >= 0.6 is 0 Å². The number of hydrogen-bond donors (Lipinski definition) is 2. The molecule has 2 heterocycles. The number of carbonyl (C=O) groups excluding carboxylic acids is 1. The van der Waals surface area contributed by atoms with Crippen LogP contribution in [0, 0.1) is 0 Å². The molecule has 0 bridgehead atoms. The van der Waals surface area contributed by atoms with E-state index in [-0.39, 0.29) is 11.9 Å². The third-order valence-electron chi connectivity index (χ3n) is 3.16. The average molecular weight is 287 g/mol. The molecule has 5 nitrogen and oxygen atoms in total. The van der Waals surface area contributed by atoms with Crippen LogP contribution in [0.4, 0.5) is 5.82 Å². The van der Waals surface area contributed by atoms with E-state index in [0.29, 0.717) is 5.56 Å². The number of anilines is 1. The first-order valence-electron chi connectivity index (χ1n) is 7.22. The Balaban J connectivity index is 1.82. The summed E-state index contributed by atoms with van der Waals surface area (Å²) in [5.74, 6) is 1.62. The minimum atomic E-state index is -0.0995. The van der Waals surface area contributed by atoms with Crippen LogP contribution in [0.15, 0.2) is 41.1 Å². The van der Waals surface area contributed by atoms with Gasteiger partial charge in [0.1, 0.15) is 11.6 Å². The first-order valence-corrected chi connectivity index (χ1v) is 7.22. The molecule has 2 aromatic rings. The number of hydrogen-bond acceptors (Lipinski definition) is 4. The molecule has 2 aromatic heterocycles. The molecule has 0 radical (unpaired) electrons. The summed E-state index contributed by atoms with van der Waals surface area (Å²) in [6, 6.07) is 7.48. The van der Waals surface area contributed by atoms with Crippen LogP contribution in [0.2, 0.25) is 0 Å². The van der Waals surface area contributed by atoms with Crippen LogP contribution in [-0.2, 0) is 6.42 Å². The van der Waals surface area contributed by atoms with Gasteiger partial charge in [0.25, 0.3) is 5.91 Å². The summed E-state index contributed by atoms with van der Waals surface area (Å²) in [5, 5.41) is 6.07. The molecule has 1 amide bonds. The van der Waals surface area contributed by atoms with Gasteiger partial charge in [0, 0.05) is 25.2 Å². The maximum absolute atomic E-state index is 12.1. The lowest BCUT2D eigenvalue weighted by Crippen LogP contribution is -2.32. The predicted molar refractivity (Wildman–Crippen MR) is 82.4 cm³/mol. The maximum Gasteiger partial charge on any atom is 0.253 e. The Labute approximate surface area is 124 Å². The zero-order valence-corrected chi connectivity index (χ0v) is 12.4. The summed E-state index contributed by atoms with van der Waals surface area (Å²) >= 11 is 0. The van der Waals surface area contributed by atoms with Crippen molar-refractivity contribution in [2.75, 3.05) is 11.9 Å². The fourth-order valence-electron chi connectivity index (χ4n) is 2.01. The van der Waals surface area contributed by atoms with Crippen molar-refractivity contribution in [2.45, 2.75) is 32.7 Å². The van der Waals surface area contributed by atoms with Crippen molar-refractivity contribution in [3.8, 4) is 0 Å². The highest BCUT2D eigenvalue weighted by atomic mass is 16.3. The Kier molecular flexibility index (Phi) is 5.37. The summed E-state index contributed by atoms with van der Waals surface area (Å²) in [4.78, 5) is 16.3. The molecule has 0 aromatic carbocycles. The molecule has 21 heavy (non-hydrogen) atoms. The minimum absolute atomic E-state index is 0.0797. The van der Waals surface area contributed by atoms with E-state index in [1.165, 1.54) is 0 Å². The molecule has 0 saturated heterocycles. The second-order valence-electron chi connectivity index (χ2n) is 4.95. The number of furan rings is 1. The number of nitrogens with one attached hydrogen (secondary N) is 2. The molecule has 1 atom stereocenters. The Morgan fingerprint density at radius 2 is 2.24 bits per heavy atom. The Morgan fingerprint density at radius 3 is 2.86 bits per heavy atom. The summed E-state index contributed by atoms with van der Waals surface area (Å²) in [6.07, 6.45) is 4.90. The van der Waals surface area contributed by atoms with Gasteiger partial charge in [0.15, 0.2) is 0 Å². The van der Waals surface area contributed by atoms with Crippen molar-refractivity contribution >= 4 is 11.7 Å². The lowest BCUT2D eigenvalue weighted by molar-refractivity contribution is 0.0938. The molecule has 0 aliphatic carbocycles. The van der Waals surface area contributed by atoms with Crippen molar-refractivity contribution in [3.05, 3.63) is 48.0 Å². The quantitative estimate of drug-likeness (QED) is 0.821. The van der Waals surface area contributed by atoms with Gasteiger partial charge >= 0.3 is 0 Å². The number of aromatic nitrogens is 1. The van der Waals surface area contributed by atoms with Crippen molar-refractivity contribution < 1.29 is 9.21 Å². The molecule has 0 saturated carbocycles. The Morgan fingerprint density at radius 1 is 1.38 bits per heavy atom. The summed E-state index contributed by atoms with van der Waals surface area (Å²) < 4.78 is 5.28. The predicted octanol–water partition coefficient (Wildman–Crippen LogP) is 2.86. The summed E-state index contributed by atoms with van der Waals surface area (Å²) in [5.41, 5.74) is 0.571. The molecule has 0 fully saturated rings. The molecule has 2 rings (SSSR count). The van der Waals surface area contributed by atoms with E-state index in [4.69, 9.17) is 4.42 Å². The average Bonchev–Trinajstić information content (AvgIpc) is 2.99. The normalized spacial score (nSPS) is 11.9. The van der Waals surface area contributed by atoms with Gasteiger partial charge in [0.05, 0.1) is 11.8 Å². The lowest BCUT2D eigenvalue weighted by Gasteiger charge is -2.13. The van der Waals surface area contributed by atoms with Gasteiger partial charge in [-0.25, -0.2) is 4.98 Å². The highest BCUT2D eigenvalue weighted by Gasteiger charge is 2.10. The van der Waals surface area contributed by atoms with Crippen LogP contribution in [0.25, 0.3) is 0 Å². The Bertz CT molecular complexity index is 549. The number of carbonyl (C=O) groups is 1. The molecule has 0 spiro atoms. The second kappa shape index (κ2) is 7.47. The standard InChI is InChI=1S/C16H21N3O2/c1-3-17-15-9-7-13(11-18-15)16(20)19-12(2)6-8-14-5-4-10-21-14/h4-5,7,9-12H,3,6,8H2,1-2H3,(H,17,18)(H,19,20). The highest BCUT2D eigenvalue weighted by molar-refractivity contribution is 5.94. The zero-order chi connectivity index (χ0) is 15.1.